The molecule has 0 amide bonds. The molecule has 0 saturated carbocycles. The van der Waals surface area contributed by atoms with Gasteiger partial charge in [0, 0.05) is 0 Å². The second kappa shape index (κ2) is 8.23. The maximum absolute atomic E-state index is 6.06. The standard InChI is InChI=1S/C20H22O/c1-3-10-20(21-16-19-13-8-5-9-14-19)17(2)15-18-11-6-4-7-12-18/h3-9,11-15,20H,1,10,16H2,2H3/b17-15+. The van der Waals surface area contributed by atoms with Crippen LogP contribution in [0.4, 0.5) is 0 Å². The maximum Gasteiger partial charge on any atom is 0.0824 e. The van der Waals surface area contributed by atoms with Gasteiger partial charge in [-0.1, -0.05) is 72.8 Å². The second-order valence-electron chi connectivity index (χ2n) is 5.11. The third-order valence-electron chi connectivity index (χ3n) is 3.38. The fraction of sp³-hybridized carbons (Fsp3) is 0.200. The van der Waals surface area contributed by atoms with Crippen molar-refractivity contribution in [2.75, 3.05) is 0 Å². The van der Waals surface area contributed by atoms with E-state index in [2.05, 4.69) is 43.8 Å². The zero-order valence-corrected chi connectivity index (χ0v) is 12.5. The van der Waals surface area contributed by atoms with Crippen LogP contribution in [0.3, 0.4) is 0 Å². The van der Waals surface area contributed by atoms with Crippen molar-refractivity contribution in [3.8, 4) is 0 Å². The largest absolute Gasteiger partial charge is 0.369 e. The molecular formula is C20H22O. The minimum Gasteiger partial charge on any atom is -0.369 e. The number of hydrogen-bond donors (Lipinski definition) is 0. The second-order valence-corrected chi connectivity index (χ2v) is 5.11. The van der Waals surface area contributed by atoms with Gasteiger partial charge in [0.2, 0.25) is 0 Å². The van der Waals surface area contributed by atoms with Crippen molar-refractivity contribution in [3.05, 3.63) is 90.0 Å². The van der Waals surface area contributed by atoms with E-state index in [0.717, 1.165) is 6.42 Å². The molecule has 2 aromatic rings. The van der Waals surface area contributed by atoms with Gasteiger partial charge in [0.05, 0.1) is 12.7 Å². The van der Waals surface area contributed by atoms with Gasteiger partial charge in [-0.15, -0.1) is 6.58 Å². The molecule has 0 N–H and O–H groups in total. The molecule has 1 nitrogen and oxygen atoms in total. The van der Waals surface area contributed by atoms with E-state index < -0.39 is 0 Å². The summed E-state index contributed by atoms with van der Waals surface area (Å²) in [6.07, 6.45) is 4.99. The van der Waals surface area contributed by atoms with Gasteiger partial charge < -0.3 is 4.74 Å². The van der Waals surface area contributed by atoms with Crippen molar-refractivity contribution < 1.29 is 4.74 Å². The molecule has 0 fully saturated rings. The zero-order chi connectivity index (χ0) is 14.9. The summed E-state index contributed by atoms with van der Waals surface area (Å²) < 4.78 is 6.06. The third-order valence-corrected chi connectivity index (χ3v) is 3.38. The summed E-state index contributed by atoms with van der Waals surface area (Å²) in [5.41, 5.74) is 3.61. The fourth-order valence-electron chi connectivity index (χ4n) is 2.21. The van der Waals surface area contributed by atoms with Gasteiger partial charge in [0.1, 0.15) is 0 Å². The molecule has 0 spiro atoms. The Kier molecular flexibility index (Phi) is 5.99. The first-order valence-electron chi connectivity index (χ1n) is 7.29. The number of hydrogen-bond acceptors (Lipinski definition) is 1. The Labute approximate surface area is 127 Å². The number of benzene rings is 2. The molecule has 0 aliphatic rings. The summed E-state index contributed by atoms with van der Waals surface area (Å²) in [7, 11) is 0. The Morgan fingerprint density at radius 1 is 1.05 bits per heavy atom. The van der Waals surface area contributed by atoms with Crippen LogP contribution in [0.5, 0.6) is 0 Å². The summed E-state index contributed by atoms with van der Waals surface area (Å²) in [5.74, 6) is 0. The van der Waals surface area contributed by atoms with E-state index >= 15 is 0 Å². The maximum atomic E-state index is 6.06. The molecule has 0 heterocycles. The monoisotopic (exact) mass is 278 g/mol. The molecule has 1 heteroatoms. The molecule has 108 valence electrons. The molecule has 0 bridgehead atoms. The molecule has 1 unspecified atom stereocenters. The molecule has 0 aromatic heterocycles. The first-order chi connectivity index (χ1) is 10.3. The summed E-state index contributed by atoms with van der Waals surface area (Å²) in [6.45, 7) is 6.58. The van der Waals surface area contributed by atoms with E-state index in [4.69, 9.17) is 4.74 Å². The van der Waals surface area contributed by atoms with Gasteiger partial charge in [-0.05, 0) is 30.0 Å². The highest BCUT2D eigenvalue weighted by Crippen LogP contribution is 2.17. The lowest BCUT2D eigenvalue weighted by molar-refractivity contribution is 0.0671. The van der Waals surface area contributed by atoms with E-state index in [9.17, 15) is 0 Å². The summed E-state index contributed by atoms with van der Waals surface area (Å²) in [5, 5.41) is 0. The Morgan fingerprint density at radius 3 is 2.29 bits per heavy atom. The molecule has 0 saturated heterocycles. The van der Waals surface area contributed by atoms with Crippen LogP contribution in [0.1, 0.15) is 24.5 Å². The van der Waals surface area contributed by atoms with Crippen molar-refractivity contribution in [2.45, 2.75) is 26.1 Å². The van der Waals surface area contributed by atoms with Crippen molar-refractivity contribution >= 4 is 6.08 Å². The normalized spacial score (nSPS) is 12.9. The van der Waals surface area contributed by atoms with Gasteiger partial charge >= 0.3 is 0 Å². The quantitative estimate of drug-likeness (QED) is 0.628. The Morgan fingerprint density at radius 2 is 1.67 bits per heavy atom. The van der Waals surface area contributed by atoms with Crippen LogP contribution in [0.15, 0.2) is 78.9 Å². The van der Waals surface area contributed by atoms with E-state index in [0.29, 0.717) is 6.61 Å². The highest BCUT2D eigenvalue weighted by Gasteiger charge is 2.10. The zero-order valence-electron chi connectivity index (χ0n) is 12.5. The fourth-order valence-corrected chi connectivity index (χ4v) is 2.21. The van der Waals surface area contributed by atoms with Crippen LogP contribution in [0.25, 0.3) is 6.08 Å². The minimum absolute atomic E-state index is 0.0721. The van der Waals surface area contributed by atoms with Gasteiger partial charge in [-0.25, -0.2) is 0 Å². The van der Waals surface area contributed by atoms with Gasteiger partial charge in [-0.3, -0.25) is 0 Å². The van der Waals surface area contributed by atoms with Crippen LogP contribution >= 0.6 is 0 Å². The van der Waals surface area contributed by atoms with Crippen molar-refractivity contribution in [1.29, 1.82) is 0 Å². The lowest BCUT2D eigenvalue weighted by Crippen LogP contribution is -2.13. The van der Waals surface area contributed by atoms with Crippen LogP contribution in [-0.4, -0.2) is 6.10 Å². The van der Waals surface area contributed by atoms with Crippen LogP contribution < -0.4 is 0 Å². The average Bonchev–Trinajstić information content (AvgIpc) is 2.53. The average molecular weight is 278 g/mol. The predicted octanol–water partition coefficient (Wildman–Crippen LogP) is 5.25. The minimum atomic E-state index is 0.0721. The first kappa shape index (κ1) is 15.3. The molecular weight excluding hydrogens is 256 g/mol. The lowest BCUT2D eigenvalue weighted by atomic mass is 10.0. The SMILES string of the molecule is C=CCC(OCc1ccccc1)/C(C)=C/c1ccccc1. The van der Waals surface area contributed by atoms with E-state index in [1.807, 2.05) is 42.5 Å². The lowest BCUT2D eigenvalue weighted by Gasteiger charge is -2.17. The summed E-state index contributed by atoms with van der Waals surface area (Å²) in [6, 6.07) is 20.6. The van der Waals surface area contributed by atoms with Crippen molar-refractivity contribution in [3.63, 3.8) is 0 Å². The van der Waals surface area contributed by atoms with E-state index in [-0.39, 0.29) is 6.10 Å². The van der Waals surface area contributed by atoms with Gasteiger partial charge in [-0.2, -0.15) is 0 Å². The van der Waals surface area contributed by atoms with Crippen LogP contribution in [0, 0.1) is 0 Å². The highest BCUT2D eigenvalue weighted by molar-refractivity contribution is 5.53. The Balaban J connectivity index is 2.04. The highest BCUT2D eigenvalue weighted by atomic mass is 16.5. The van der Waals surface area contributed by atoms with E-state index in [1.54, 1.807) is 0 Å². The Bertz CT molecular complexity index is 569. The number of ether oxygens (including phenoxy) is 1. The smallest absolute Gasteiger partial charge is 0.0824 e. The molecule has 21 heavy (non-hydrogen) atoms. The topological polar surface area (TPSA) is 9.23 Å². The molecule has 0 aliphatic carbocycles. The van der Waals surface area contributed by atoms with Crippen molar-refractivity contribution in [2.24, 2.45) is 0 Å². The summed E-state index contributed by atoms with van der Waals surface area (Å²) in [4.78, 5) is 0. The molecule has 1 atom stereocenters. The van der Waals surface area contributed by atoms with E-state index in [1.165, 1.54) is 16.7 Å². The molecule has 2 aromatic carbocycles. The van der Waals surface area contributed by atoms with Crippen LogP contribution in [0.2, 0.25) is 0 Å². The van der Waals surface area contributed by atoms with Crippen LogP contribution in [-0.2, 0) is 11.3 Å². The summed E-state index contributed by atoms with van der Waals surface area (Å²) >= 11 is 0. The van der Waals surface area contributed by atoms with Gasteiger partial charge in [0.15, 0.2) is 0 Å². The van der Waals surface area contributed by atoms with Crippen molar-refractivity contribution in [1.82, 2.24) is 0 Å². The third kappa shape index (κ3) is 5.05. The predicted molar refractivity (Wildman–Crippen MR) is 89.9 cm³/mol. The Hall–Kier alpha value is -2.12. The molecule has 2 rings (SSSR count). The first-order valence-corrected chi connectivity index (χ1v) is 7.29. The van der Waals surface area contributed by atoms with Gasteiger partial charge in [0.25, 0.3) is 0 Å². The molecule has 0 radical (unpaired) electrons. The molecule has 0 aliphatic heterocycles. The number of rotatable bonds is 7.